The molecule has 1 aliphatic rings. The van der Waals surface area contributed by atoms with E-state index in [2.05, 4.69) is 4.90 Å². The number of likely N-dealkylation sites (tertiary alicyclic amines) is 1. The van der Waals surface area contributed by atoms with Crippen molar-refractivity contribution < 1.29 is 4.79 Å². The topological polar surface area (TPSA) is 70.1 Å². The van der Waals surface area contributed by atoms with E-state index in [1.165, 1.54) is 0 Å². The van der Waals surface area contributed by atoms with Crippen LogP contribution in [0.3, 0.4) is 0 Å². The zero-order valence-corrected chi connectivity index (χ0v) is 10.3. The number of nitrogens with zero attached hydrogens (tertiary/aromatic N) is 2. The molecule has 0 radical (unpaired) electrons. The molecule has 4 heteroatoms. The molecule has 94 valence electrons. The average Bonchev–Trinajstić information content (AvgIpc) is 2.86. The summed E-state index contributed by atoms with van der Waals surface area (Å²) >= 11 is 0. The Labute approximate surface area is 107 Å². The van der Waals surface area contributed by atoms with Gasteiger partial charge in [0.25, 0.3) is 0 Å². The predicted octanol–water partition coefficient (Wildman–Crippen LogP) is 1.02. The summed E-state index contributed by atoms with van der Waals surface area (Å²) in [7, 11) is 0. The van der Waals surface area contributed by atoms with Crippen molar-refractivity contribution in [1.82, 2.24) is 4.90 Å². The van der Waals surface area contributed by atoms with Gasteiger partial charge < -0.3 is 5.73 Å². The normalized spacial score (nSPS) is 19.7. The molecule has 1 saturated heterocycles. The average molecular weight is 243 g/mol. The SMILES string of the molecule is N#Cc1ccc(C(=O)CN2CCC(CN)C2)cc1. The Morgan fingerprint density at radius 1 is 1.44 bits per heavy atom. The zero-order valence-electron chi connectivity index (χ0n) is 10.3. The maximum atomic E-state index is 12.0. The van der Waals surface area contributed by atoms with Crippen LogP contribution in [0.4, 0.5) is 0 Å². The van der Waals surface area contributed by atoms with Gasteiger partial charge in [-0.05, 0) is 37.6 Å². The smallest absolute Gasteiger partial charge is 0.176 e. The van der Waals surface area contributed by atoms with Crippen LogP contribution in [0.2, 0.25) is 0 Å². The first-order valence-corrected chi connectivity index (χ1v) is 6.18. The number of carbonyl (C=O) groups is 1. The second kappa shape index (κ2) is 5.76. The van der Waals surface area contributed by atoms with Crippen molar-refractivity contribution >= 4 is 5.78 Å². The number of nitriles is 1. The fraction of sp³-hybridized carbons (Fsp3) is 0.429. The summed E-state index contributed by atoms with van der Waals surface area (Å²) in [5.74, 6) is 0.635. The second-order valence-electron chi connectivity index (χ2n) is 4.74. The molecule has 2 N–H and O–H groups in total. The van der Waals surface area contributed by atoms with Crippen LogP contribution in [-0.2, 0) is 0 Å². The van der Waals surface area contributed by atoms with E-state index in [0.717, 1.165) is 19.5 Å². The number of hydrogen-bond acceptors (Lipinski definition) is 4. The molecule has 0 aliphatic carbocycles. The van der Waals surface area contributed by atoms with Crippen LogP contribution < -0.4 is 5.73 Å². The molecule has 0 spiro atoms. The lowest BCUT2D eigenvalue weighted by Crippen LogP contribution is -2.29. The maximum Gasteiger partial charge on any atom is 0.176 e. The maximum absolute atomic E-state index is 12.0. The van der Waals surface area contributed by atoms with E-state index < -0.39 is 0 Å². The van der Waals surface area contributed by atoms with Crippen molar-refractivity contribution in [1.29, 1.82) is 5.26 Å². The quantitative estimate of drug-likeness (QED) is 0.802. The van der Waals surface area contributed by atoms with Gasteiger partial charge in [0.15, 0.2) is 5.78 Å². The molecule has 0 aromatic heterocycles. The van der Waals surface area contributed by atoms with Crippen molar-refractivity contribution in [3.63, 3.8) is 0 Å². The van der Waals surface area contributed by atoms with Crippen LogP contribution >= 0.6 is 0 Å². The largest absolute Gasteiger partial charge is 0.330 e. The Bertz CT molecular complexity index is 461. The van der Waals surface area contributed by atoms with E-state index in [1.54, 1.807) is 24.3 Å². The van der Waals surface area contributed by atoms with E-state index >= 15 is 0 Å². The molecule has 1 aliphatic heterocycles. The van der Waals surface area contributed by atoms with Crippen LogP contribution in [0, 0.1) is 17.2 Å². The van der Waals surface area contributed by atoms with E-state index in [0.29, 0.717) is 30.1 Å². The standard InChI is InChI=1S/C14H17N3O/c15-7-11-1-3-13(4-2-11)14(18)10-17-6-5-12(8-16)9-17/h1-4,12H,5-6,8-10,16H2. The molecular weight excluding hydrogens is 226 g/mol. The van der Waals surface area contributed by atoms with Gasteiger partial charge in [-0.3, -0.25) is 9.69 Å². The van der Waals surface area contributed by atoms with Crippen molar-refractivity contribution in [2.75, 3.05) is 26.2 Å². The molecule has 1 atom stereocenters. The van der Waals surface area contributed by atoms with Crippen LogP contribution in [-0.4, -0.2) is 36.9 Å². The Morgan fingerprint density at radius 2 is 2.17 bits per heavy atom. The lowest BCUT2D eigenvalue weighted by molar-refractivity contribution is 0.0943. The summed E-state index contributed by atoms with van der Waals surface area (Å²) in [4.78, 5) is 14.2. The van der Waals surface area contributed by atoms with E-state index in [-0.39, 0.29) is 5.78 Å². The third-order valence-corrected chi connectivity index (χ3v) is 3.41. The molecule has 2 rings (SSSR count). The van der Waals surface area contributed by atoms with Gasteiger partial charge in [-0.1, -0.05) is 12.1 Å². The van der Waals surface area contributed by atoms with Gasteiger partial charge in [0.1, 0.15) is 0 Å². The number of hydrogen-bond donors (Lipinski definition) is 1. The van der Waals surface area contributed by atoms with Gasteiger partial charge >= 0.3 is 0 Å². The number of benzene rings is 1. The minimum absolute atomic E-state index is 0.108. The van der Waals surface area contributed by atoms with E-state index in [9.17, 15) is 4.79 Å². The number of Topliss-reactive ketones (excluding diaryl/α,β-unsaturated/α-hetero) is 1. The van der Waals surface area contributed by atoms with Gasteiger partial charge in [0, 0.05) is 12.1 Å². The Hall–Kier alpha value is -1.70. The third kappa shape index (κ3) is 2.95. The molecule has 0 saturated carbocycles. The number of carbonyl (C=O) groups excluding carboxylic acids is 1. The fourth-order valence-electron chi connectivity index (χ4n) is 2.27. The molecule has 18 heavy (non-hydrogen) atoms. The van der Waals surface area contributed by atoms with Gasteiger partial charge in [-0.15, -0.1) is 0 Å². The summed E-state index contributed by atoms with van der Waals surface area (Å²) in [6, 6.07) is 8.84. The van der Waals surface area contributed by atoms with Crippen LogP contribution in [0.1, 0.15) is 22.3 Å². The minimum atomic E-state index is 0.108. The predicted molar refractivity (Wildman–Crippen MR) is 69.1 cm³/mol. The Kier molecular flexibility index (Phi) is 4.08. The highest BCUT2D eigenvalue weighted by Crippen LogP contribution is 2.15. The molecule has 1 unspecified atom stereocenters. The molecule has 4 nitrogen and oxygen atoms in total. The zero-order chi connectivity index (χ0) is 13.0. The Morgan fingerprint density at radius 3 is 2.72 bits per heavy atom. The summed E-state index contributed by atoms with van der Waals surface area (Å²) in [5.41, 5.74) is 6.88. The first kappa shape index (κ1) is 12.7. The van der Waals surface area contributed by atoms with Crippen LogP contribution in [0.5, 0.6) is 0 Å². The first-order chi connectivity index (χ1) is 8.72. The highest BCUT2D eigenvalue weighted by atomic mass is 16.1. The number of ketones is 1. The molecular formula is C14H17N3O. The monoisotopic (exact) mass is 243 g/mol. The highest BCUT2D eigenvalue weighted by Gasteiger charge is 2.23. The van der Waals surface area contributed by atoms with Crippen molar-refractivity contribution in [2.24, 2.45) is 11.7 Å². The molecule has 1 fully saturated rings. The van der Waals surface area contributed by atoms with Crippen LogP contribution in [0.25, 0.3) is 0 Å². The van der Waals surface area contributed by atoms with Gasteiger partial charge in [-0.2, -0.15) is 5.26 Å². The highest BCUT2D eigenvalue weighted by molar-refractivity contribution is 5.97. The molecule has 1 heterocycles. The lowest BCUT2D eigenvalue weighted by atomic mass is 10.1. The summed E-state index contributed by atoms with van der Waals surface area (Å²) in [5, 5.41) is 8.70. The molecule has 1 aromatic rings. The van der Waals surface area contributed by atoms with Crippen molar-refractivity contribution in [3.05, 3.63) is 35.4 Å². The summed E-state index contributed by atoms with van der Waals surface area (Å²) < 4.78 is 0. The summed E-state index contributed by atoms with van der Waals surface area (Å²) in [6.45, 7) is 3.01. The number of rotatable bonds is 4. The molecule has 1 aromatic carbocycles. The molecule has 0 amide bonds. The van der Waals surface area contributed by atoms with Crippen LogP contribution in [0.15, 0.2) is 24.3 Å². The molecule has 0 bridgehead atoms. The Balaban J connectivity index is 1.93. The van der Waals surface area contributed by atoms with Gasteiger partial charge in [0.2, 0.25) is 0 Å². The second-order valence-corrected chi connectivity index (χ2v) is 4.74. The van der Waals surface area contributed by atoms with Gasteiger partial charge in [0.05, 0.1) is 18.2 Å². The van der Waals surface area contributed by atoms with E-state index in [1.807, 2.05) is 6.07 Å². The third-order valence-electron chi connectivity index (χ3n) is 3.41. The van der Waals surface area contributed by atoms with Gasteiger partial charge in [-0.25, -0.2) is 0 Å². The van der Waals surface area contributed by atoms with Crippen molar-refractivity contribution in [3.8, 4) is 6.07 Å². The first-order valence-electron chi connectivity index (χ1n) is 6.18. The van der Waals surface area contributed by atoms with Crippen molar-refractivity contribution in [2.45, 2.75) is 6.42 Å². The number of nitrogens with two attached hydrogens (primary N) is 1. The summed E-state index contributed by atoms with van der Waals surface area (Å²) in [6.07, 6.45) is 1.08. The van der Waals surface area contributed by atoms with E-state index in [4.69, 9.17) is 11.0 Å². The lowest BCUT2D eigenvalue weighted by Gasteiger charge is -2.14. The fourth-order valence-corrected chi connectivity index (χ4v) is 2.27. The minimum Gasteiger partial charge on any atom is -0.330 e.